The molecule has 0 saturated carbocycles. The van der Waals surface area contributed by atoms with E-state index in [0.29, 0.717) is 37.1 Å². The van der Waals surface area contributed by atoms with E-state index < -0.39 is 0 Å². The number of nitrogens with zero attached hydrogens (tertiary/aromatic N) is 2. The van der Waals surface area contributed by atoms with Crippen LogP contribution in [0.4, 0.5) is 4.79 Å². The molecule has 2 aliphatic heterocycles. The summed E-state index contributed by atoms with van der Waals surface area (Å²) >= 11 is 0. The molecule has 2 heterocycles. The Morgan fingerprint density at radius 1 is 1.08 bits per heavy atom. The molecule has 3 N–H and O–H groups in total. The number of amides is 5. The molecule has 0 spiro atoms. The van der Waals surface area contributed by atoms with Crippen molar-refractivity contribution in [3.8, 4) is 0 Å². The Kier molecular flexibility index (Phi) is 4.69. The highest BCUT2D eigenvalue weighted by Crippen LogP contribution is 2.21. The van der Waals surface area contributed by atoms with E-state index in [2.05, 4.69) is 5.32 Å². The van der Waals surface area contributed by atoms with Gasteiger partial charge in [-0.25, -0.2) is 4.79 Å². The first kappa shape index (κ1) is 16.9. The molecule has 1 aromatic carbocycles. The molecule has 0 unspecified atom stereocenters. The van der Waals surface area contributed by atoms with Crippen LogP contribution in [0.25, 0.3) is 0 Å². The summed E-state index contributed by atoms with van der Waals surface area (Å²) in [6.45, 7) is 1.23. The largest absolute Gasteiger partial charge is 0.369 e. The summed E-state index contributed by atoms with van der Waals surface area (Å²) < 4.78 is 0. The minimum absolute atomic E-state index is 0.121. The van der Waals surface area contributed by atoms with E-state index in [9.17, 15) is 19.2 Å². The van der Waals surface area contributed by atoms with Gasteiger partial charge in [0.25, 0.3) is 11.8 Å². The quantitative estimate of drug-likeness (QED) is 0.759. The summed E-state index contributed by atoms with van der Waals surface area (Å²) in [5, 5.41) is 2.72. The molecule has 1 fully saturated rings. The highest BCUT2D eigenvalue weighted by molar-refractivity contribution is 6.21. The molecule has 5 amide bonds. The number of rotatable bonds is 4. The summed E-state index contributed by atoms with van der Waals surface area (Å²) in [5.41, 5.74) is 6.07. The van der Waals surface area contributed by atoms with Crippen LogP contribution in [-0.2, 0) is 4.79 Å². The number of hydrogen-bond donors (Lipinski definition) is 2. The zero-order valence-corrected chi connectivity index (χ0v) is 13.7. The lowest BCUT2D eigenvalue weighted by molar-refractivity contribution is -0.123. The molecule has 132 valence electrons. The zero-order valence-electron chi connectivity index (χ0n) is 13.7. The van der Waals surface area contributed by atoms with E-state index in [0.717, 1.165) is 4.90 Å². The molecule has 8 nitrogen and oxygen atoms in total. The van der Waals surface area contributed by atoms with Gasteiger partial charge in [0.15, 0.2) is 0 Å². The third-order valence-electron chi connectivity index (χ3n) is 4.67. The first-order chi connectivity index (χ1) is 12.0. The van der Waals surface area contributed by atoms with Crippen LogP contribution in [-0.4, -0.2) is 59.7 Å². The van der Waals surface area contributed by atoms with Crippen LogP contribution in [0.5, 0.6) is 0 Å². The molecule has 0 aromatic heterocycles. The van der Waals surface area contributed by atoms with E-state index in [1.54, 1.807) is 29.2 Å². The fourth-order valence-electron chi connectivity index (χ4n) is 3.20. The molecule has 1 saturated heterocycles. The minimum Gasteiger partial charge on any atom is -0.369 e. The summed E-state index contributed by atoms with van der Waals surface area (Å²) in [6.07, 6.45) is 1.11. The predicted molar refractivity (Wildman–Crippen MR) is 88.7 cm³/mol. The van der Waals surface area contributed by atoms with Crippen molar-refractivity contribution in [2.75, 3.05) is 26.2 Å². The predicted octanol–water partition coefficient (Wildman–Crippen LogP) is 0.190. The minimum atomic E-state index is -0.336. The number of carbonyl (C=O) groups excluding carboxylic acids is 4. The Morgan fingerprint density at radius 3 is 2.16 bits per heavy atom. The Labute approximate surface area is 144 Å². The molecule has 3 rings (SSSR count). The fraction of sp³-hybridized carbons (Fsp3) is 0.412. The van der Waals surface area contributed by atoms with Gasteiger partial charge in [-0.05, 0) is 25.0 Å². The lowest BCUT2D eigenvalue weighted by Gasteiger charge is -2.30. The molecule has 0 atom stereocenters. The number of imide groups is 1. The average molecular weight is 344 g/mol. The normalized spacial score (nSPS) is 17.6. The third kappa shape index (κ3) is 3.33. The molecule has 8 heteroatoms. The topological polar surface area (TPSA) is 113 Å². The summed E-state index contributed by atoms with van der Waals surface area (Å²) in [4.78, 5) is 50.5. The molecule has 2 aliphatic rings. The van der Waals surface area contributed by atoms with Crippen LogP contribution in [0.15, 0.2) is 24.3 Å². The number of nitrogens with one attached hydrogen (secondary N) is 1. The summed E-state index contributed by atoms with van der Waals surface area (Å²) in [7, 11) is 0. The number of benzene rings is 1. The van der Waals surface area contributed by atoms with Crippen LogP contribution in [0, 0.1) is 5.92 Å². The van der Waals surface area contributed by atoms with Gasteiger partial charge in [-0.15, -0.1) is 0 Å². The van der Waals surface area contributed by atoms with Gasteiger partial charge in [-0.1, -0.05) is 12.1 Å². The van der Waals surface area contributed by atoms with Gasteiger partial charge in [0, 0.05) is 32.1 Å². The van der Waals surface area contributed by atoms with Crippen LogP contribution in [0.1, 0.15) is 33.6 Å². The lowest BCUT2D eigenvalue weighted by atomic mass is 9.96. The van der Waals surface area contributed by atoms with Crippen molar-refractivity contribution < 1.29 is 19.2 Å². The Bertz CT molecular complexity index is 690. The number of piperidine rings is 1. The van der Waals surface area contributed by atoms with Crippen LogP contribution < -0.4 is 11.1 Å². The lowest BCUT2D eigenvalue weighted by Crippen LogP contribution is -2.48. The smallest absolute Gasteiger partial charge is 0.317 e. The highest BCUT2D eigenvalue weighted by atomic mass is 16.2. The highest BCUT2D eigenvalue weighted by Gasteiger charge is 2.34. The van der Waals surface area contributed by atoms with E-state index in [4.69, 9.17) is 5.73 Å². The molecular weight excluding hydrogens is 324 g/mol. The van der Waals surface area contributed by atoms with Crippen LogP contribution in [0.2, 0.25) is 0 Å². The second-order valence-corrected chi connectivity index (χ2v) is 6.20. The molecular formula is C17H20N4O4. The van der Waals surface area contributed by atoms with E-state index in [-0.39, 0.29) is 42.8 Å². The van der Waals surface area contributed by atoms with Gasteiger partial charge in [0.2, 0.25) is 5.91 Å². The first-order valence-electron chi connectivity index (χ1n) is 8.26. The maximum absolute atomic E-state index is 12.2. The Balaban J connectivity index is 1.48. The van der Waals surface area contributed by atoms with E-state index in [1.165, 1.54) is 0 Å². The second kappa shape index (κ2) is 6.92. The van der Waals surface area contributed by atoms with Crippen molar-refractivity contribution in [3.05, 3.63) is 35.4 Å². The summed E-state index contributed by atoms with van der Waals surface area (Å²) in [5.74, 6) is -1.18. The number of likely N-dealkylation sites (tertiary alicyclic amines) is 1. The number of hydrogen-bond acceptors (Lipinski definition) is 4. The summed E-state index contributed by atoms with van der Waals surface area (Å²) in [6, 6.07) is 6.41. The van der Waals surface area contributed by atoms with Crippen molar-refractivity contribution in [1.29, 1.82) is 0 Å². The maximum Gasteiger partial charge on any atom is 0.317 e. The number of nitrogens with two attached hydrogens (primary N) is 1. The van der Waals surface area contributed by atoms with Crippen LogP contribution in [0.3, 0.4) is 0 Å². The third-order valence-corrected chi connectivity index (χ3v) is 4.67. The van der Waals surface area contributed by atoms with Crippen molar-refractivity contribution in [1.82, 2.24) is 15.1 Å². The van der Waals surface area contributed by atoms with Gasteiger partial charge < -0.3 is 16.0 Å². The Morgan fingerprint density at radius 2 is 1.64 bits per heavy atom. The molecule has 1 aromatic rings. The molecule has 25 heavy (non-hydrogen) atoms. The Hall–Kier alpha value is -2.90. The SMILES string of the molecule is NC(=O)C1CCN(C(=O)NCCN2C(=O)c3ccccc3C2=O)CC1. The van der Waals surface area contributed by atoms with E-state index >= 15 is 0 Å². The van der Waals surface area contributed by atoms with Gasteiger partial charge in [-0.3, -0.25) is 19.3 Å². The number of carbonyl (C=O) groups is 4. The zero-order chi connectivity index (χ0) is 18.0. The number of fused-ring (bicyclic) bond motifs is 1. The number of urea groups is 1. The van der Waals surface area contributed by atoms with Crippen molar-refractivity contribution in [3.63, 3.8) is 0 Å². The van der Waals surface area contributed by atoms with Gasteiger partial charge >= 0.3 is 6.03 Å². The maximum atomic E-state index is 12.2. The fourth-order valence-corrected chi connectivity index (χ4v) is 3.20. The molecule has 0 aliphatic carbocycles. The second-order valence-electron chi connectivity index (χ2n) is 6.20. The van der Waals surface area contributed by atoms with Gasteiger partial charge in [0.1, 0.15) is 0 Å². The monoisotopic (exact) mass is 344 g/mol. The van der Waals surface area contributed by atoms with Crippen molar-refractivity contribution >= 4 is 23.8 Å². The molecule has 0 bridgehead atoms. The average Bonchev–Trinajstić information content (AvgIpc) is 2.87. The first-order valence-corrected chi connectivity index (χ1v) is 8.26. The number of primary amides is 1. The van der Waals surface area contributed by atoms with Crippen molar-refractivity contribution in [2.45, 2.75) is 12.8 Å². The van der Waals surface area contributed by atoms with Crippen molar-refractivity contribution in [2.24, 2.45) is 11.7 Å². The van der Waals surface area contributed by atoms with E-state index in [1.807, 2.05) is 0 Å². The van der Waals surface area contributed by atoms with Crippen LogP contribution >= 0.6 is 0 Å². The van der Waals surface area contributed by atoms with Gasteiger partial charge in [0.05, 0.1) is 11.1 Å². The van der Waals surface area contributed by atoms with Gasteiger partial charge in [-0.2, -0.15) is 0 Å². The standard InChI is InChI=1S/C17H20N4O4/c18-14(22)11-5-8-20(9-6-11)17(25)19-7-10-21-15(23)12-3-1-2-4-13(12)16(21)24/h1-4,11H,5-10H2,(H2,18,22)(H,19,25). The molecule has 0 radical (unpaired) electrons.